The van der Waals surface area contributed by atoms with Crippen LogP contribution in [0.1, 0.15) is 12.0 Å². The topological polar surface area (TPSA) is 87.1 Å². The van der Waals surface area contributed by atoms with Crippen LogP contribution < -0.4 is 4.74 Å². The lowest BCUT2D eigenvalue weighted by molar-refractivity contribution is -0.148. The molecule has 1 aromatic carbocycles. The Bertz CT molecular complexity index is 562. The number of nitrogens with zero attached hydrogens (tertiary/aromatic N) is 1. The zero-order chi connectivity index (χ0) is 15.6. The standard InChI is InChI=1S/C14H16ClNO5/c1-21-12-3-2-9(15)4-8(12)5-13(18)16-7-10(17)6-11(16)14(19)20/h2-4,10-11,17H,5-7H2,1H3,(H,19,20)/t10-,11-/m0/s1. The van der Waals surface area contributed by atoms with Gasteiger partial charge in [-0.1, -0.05) is 11.6 Å². The Labute approximate surface area is 126 Å². The fraction of sp³-hybridized carbons (Fsp3) is 0.429. The first-order valence-electron chi connectivity index (χ1n) is 6.45. The number of halogens is 1. The summed E-state index contributed by atoms with van der Waals surface area (Å²) >= 11 is 5.90. The summed E-state index contributed by atoms with van der Waals surface area (Å²) in [5.74, 6) is -0.975. The van der Waals surface area contributed by atoms with Gasteiger partial charge in [0.2, 0.25) is 5.91 Å². The van der Waals surface area contributed by atoms with Crippen molar-refractivity contribution < 1.29 is 24.5 Å². The van der Waals surface area contributed by atoms with Crippen molar-refractivity contribution in [2.75, 3.05) is 13.7 Å². The molecule has 0 aromatic heterocycles. The van der Waals surface area contributed by atoms with Gasteiger partial charge in [0, 0.05) is 23.6 Å². The smallest absolute Gasteiger partial charge is 0.326 e. The number of rotatable bonds is 4. The Hall–Kier alpha value is -1.79. The number of carboxylic acids is 1. The van der Waals surface area contributed by atoms with E-state index in [9.17, 15) is 14.7 Å². The average molecular weight is 314 g/mol. The molecule has 1 fully saturated rings. The number of ether oxygens (including phenoxy) is 1. The lowest BCUT2D eigenvalue weighted by atomic mass is 10.1. The van der Waals surface area contributed by atoms with Gasteiger partial charge in [0.25, 0.3) is 0 Å². The Kier molecular flexibility index (Phi) is 4.69. The van der Waals surface area contributed by atoms with Crippen LogP contribution in [0.5, 0.6) is 5.75 Å². The monoisotopic (exact) mass is 313 g/mol. The SMILES string of the molecule is COc1ccc(Cl)cc1CC(=O)N1C[C@@H](O)C[C@H]1C(=O)O. The predicted molar refractivity (Wildman–Crippen MR) is 75.5 cm³/mol. The van der Waals surface area contributed by atoms with Crippen molar-refractivity contribution in [3.63, 3.8) is 0 Å². The first-order valence-corrected chi connectivity index (χ1v) is 6.83. The molecule has 1 aliphatic rings. The van der Waals surface area contributed by atoms with E-state index in [1.807, 2.05) is 0 Å². The molecule has 1 saturated heterocycles. The zero-order valence-electron chi connectivity index (χ0n) is 11.5. The predicted octanol–water partition coefficient (Wildman–Crippen LogP) is 0.938. The highest BCUT2D eigenvalue weighted by atomic mass is 35.5. The Morgan fingerprint density at radius 2 is 2.19 bits per heavy atom. The molecule has 0 radical (unpaired) electrons. The van der Waals surface area contributed by atoms with Gasteiger partial charge in [-0.05, 0) is 18.2 Å². The van der Waals surface area contributed by atoms with Crippen LogP contribution in [0.4, 0.5) is 0 Å². The first kappa shape index (κ1) is 15.6. The Morgan fingerprint density at radius 3 is 2.81 bits per heavy atom. The third-order valence-corrected chi connectivity index (χ3v) is 3.70. The van der Waals surface area contributed by atoms with E-state index in [0.717, 1.165) is 0 Å². The molecular weight excluding hydrogens is 298 g/mol. The van der Waals surface area contributed by atoms with E-state index < -0.39 is 18.1 Å². The van der Waals surface area contributed by atoms with E-state index in [-0.39, 0.29) is 25.3 Å². The second-order valence-electron chi connectivity index (χ2n) is 4.92. The zero-order valence-corrected chi connectivity index (χ0v) is 12.2. The van der Waals surface area contributed by atoms with Crippen LogP contribution in [-0.2, 0) is 16.0 Å². The highest BCUT2D eigenvalue weighted by Gasteiger charge is 2.38. The molecule has 7 heteroatoms. The number of hydrogen-bond donors (Lipinski definition) is 2. The lowest BCUT2D eigenvalue weighted by Gasteiger charge is -2.21. The quantitative estimate of drug-likeness (QED) is 0.864. The number of methoxy groups -OCH3 is 1. The van der Waals surface area contributed by atoms with Crippen molar-refractivity contribution in [1.82, 2.24) is 4.90 Å². The molecule has 0 aliphatic carbocycles. The van der Waals surface area contributed by atoms with Gasteiger partial charge in [-0.15, -0.1) is 0 Å². The van der Waals surface area contributed by atoms with Crippen LogP contribution in [-0.4, -0.2) is 52.8 Å². The van der Waals surface area contributed by atoms with Crippen molar-refractivity contribution in [3.05, 3.63) is 28.8 Å². The molecule has 2 rings (SSSR count). The van der Waals surface area contributed by atoms with E-state index >= 15 is 0 Å². The van der Waals surface area contributed by atoms with Crippen molar-refractivity contribution in [2.45, 2.75) is 25.0 Å². The molecule has 114 valence electrons. The maximum atomic E-state index is 12.3. The van der Waals surface area contributed by atoms with Crippen LogP contribution in [0.2, 0.25) is 5.02 Å². The molecule has 2 N–H and O–H groups in total. The van der Waals surface area contributed by atoms with Gasteiger partial charge < -0.3 is 19.8 Å². The summed E-state index contributed by atoms with van der Waals surface area (Å²) in [6, 6.07) is 3.92. The molecule has 21 heavy (non-hydrogen) atoms. The number of benzene rings is 1. The minimum absolute atomic E-state index is 0.0265. The number of aliphatic hydroxyl groups excluding tert-OH is 1. The van der Waals surface area contributed by atoms with Crippen molar-refractivity contribution >= 4 is 23.5 Å². The van der Waals surface area contributed by atoms with Gasteiger partial charge in [-0.2, -0.15) is 0 Å². The summed E-state index contributed by atoms with van der Waals surface area (Å²) in [4.78, 5) is 24.6. The molecule has 1 aliphatic heterocycles. The Morgan fingerprint density at radius 1 is 1.48 bits per heavy atom. The van der Waals surface area contributed by atoms with Crippen LogP contribution in [0.3, 0.4) is 0 Å². The van der Waals surface area contributed by atoms with E-state index in [2.05, 4.69) is 0 Å². The van der Waals surface area contributed by atoms with Gasteiger partial charge in [-0.3, -0.25) is 4.79 Å². The van der Waals surface area contributed by atoms with Gasteiger partial charge in [0.1, 0.15) is 11.8 Å². The van der Waals surface area contributed by atoms with Gasteiger partial charge >= 0.3 is 5.97 Å². The van der Waals surface area contributed by atoms with Crippen molar-refractivity contribution in [1.29, 1.82) is 0 Å². The summed E-state index contributed by atoms with van der Waals surface area (Å²) in [6.45, 7) is 0.0265. The van der Waals surface area contributed by atoms with Gasteiger partial charge in [0.05, 0.1) is 19.6 Å². The molecular formula is C14H16ClNO5. The summed E-state index contributed by atoms with van der Waals surface area (Å²) in [7, 11) is 1.48. The molecule has 0 spiro atoms. The van der Waals surface area contributed by atoms with Crippen molar-refractivity contribution in [2.24, 2.45) is 0 Å². The highest BCUT2D eigenvalue weighted by molar-refractivity contribution is 6.30. The second kappa shape index (κ2) is 6.32. The number of aliphatic carboxylic acids is 1. The second-order valence-corrected chi connectivity index (χ2v) is 5.36. The van der Waals surface area contributed by atoms with E-state index in [1.165, 1.54) is 12.0 Å². The minimum Gasteiger partial charge on any atom is -0.496 e. The molecule has 6 nitrogen and oxygen atoms in total. The van der Waals surface area contributed by atoms with Crippen LogP contribution in [0.25, 0.3) is 0 Å². The van der Waals surface area contributed by atoms with E-state index in [4.69, 9.17) is 21.4 Å². The number of hydrogen-bond acceptors (Lipinski definition) is 4. The highest BCUT2D eigenvalue weighted by Crippen LogP contribution is 2.25. The molecule has 1 amide bonds. The first-order chi connectivity index (χ1) is 9.92. The third-order valence-electron chi connectivity index (χ3n) is 3.47. The summed E-state index contributed by atoms with van der Waals surface area (Å²) in [5.41, 5.74) is 0.584. The maximum Gasteiger partial charge on any atom is 0.326 e. The van der Waals surface area contributed by atoms with Crippen molar-refractivity contribution in [3.8, 4) is 5.75 Å². The number of aliphatic hydroxyl groups is 1. The van der Waals surface area contributed by atoms with Crippen LogP contribution >= 0.6 is 11.6 Å². The fourth-order valence-electron chi connectivity index (χ4n) is 2.47. The maximum absolute atomic E-state index is 12.3. The lowest BCUT2D eigenvalue weighted by Crippen LogP contribution is -2.41. The number of likely N-dealkylation sites (tertiary alicyclic amines) is 1. The normalized spacial score (nSPS) is 21.4. The Balaban J connectivity index is 2.18. The van der Waals surface area contributed by atoms with Crippen LogP contribution in [0, 0.1) is 0 Å². The summed E-state index contributed by atoms with van der Waals surface area (Å²) in [6.07, 6.45) is -0.787. The molecule has 0 unspecified atom stereocenters. The number of β-amino-alcohol motifs (C(OH)–C–C–N with tert-alkyl or cyclic N) is 1. The number of amides is 1. The molecule has 2 atom stereocenters. The largest absolute Gasteiger partial charge is 0.496 e. The molecule has 1 aromatic rings. The molecule has 1 heterocycles. The minimum atomic E-state index is -1.11. The summed E-state index contributed by atoms with van der Waals surface area (Å²) < 4.78 is 5.16. The molecule has 0 bridgehead atoms. The number of carboxylic acid groups (broad SMARTS) is 1. The van der Waals surface area contributed by atoms with Gasteiger partial charge in [-0.25, -0.2) is 4.79 Å². The average Bonchev–Trinajstić information content (AvgIpc) is 2.81. The van der Waals surface area contributed by atoms with Crippen LogP contribution in [0.15, 0.2) is 18.2 Å². The van der Waals surface area contributed by atoms with E-state index in [0.29, 0.717) is 16.3 Å². The summed E-state index contributed by atoms with van der Waals surface area (Å²) in [5, 5.41) is 19.2. The molecule has 0 saturated carbocycles. The van der Waals surface area contributed by atoms with Gasteiger partial charge in [0.15, 0.2) is 0 Å². The third kappa shape index (κ3) is 3.46. The fourth-order valence-corrected chi connectivity index (χ4v) is 2.67. The number of carbonyl (C=O) groups excluding carboxylic acids is 1. The van der Waals surface area contributed by atoms with E-state index in [1.54, 1.807) is 18.2 Å². The number of carbonyl (C=O) groups is 2.